The highest BCUT2D eigenvalue weighted by atomic mass is 16.6. The number of rotatable bonds is 5. The molecule has 0 unspecified atom stereocenters. The van der Waals surface area contributed by atoms with Crippen molar-refractivity contribution in [2.24, 2.45) is 5.73 Å². The van der Waals surface area contributed by atoms with Crippen LogP contribution in [0.25, 0.3) is 0 Å². The van der Waals surface area contributed by atoms with Crippen molar-refractivity contribution in [3.05, 3.63) is 44.0 Å². The number of carbonyl (C=O) groups is 2. The van der Waals surface area contributed by atoms with Gasteiger partial charge in [0.25, 0.3) is 5.91 Å². The van der Waals surface area contributed by atoms with Gasteiger partial charge in [0.05, 0.1) is 16.5 Å². The molecule has 0 aliphatic carbocycles. The highest BCUT2D eigenvalue weighted by molar-refractivity contribution is 5.94. The lowest BCUT2D eigenvalue weighted by atomic mass is 10.4. The quantitative estimate of drug-likeness (QED) is 0.287. The van der Waals surface area contributed by atoms with Gasteiger partial charge in [0, 0.05) is 0 Å². The lowest BCUT2D eigenvalue weighted by Crippen LogP contribution is -2.13. The molecule has 26 heavy (non-hydrogen) atoms. The summed E-state index contributed by atoms with van der Waals surface area (Å²) >= 11 is 0. The Kier molecular flexibility index (Phi) is 10.1. The number of nitrogens with one attached hydrogen (secondary N) is 2. The Hall–Kier alpha value is -3.92. The number of carbonyl (C=O) groups excluding carboxylic acids is 2. The molecule has 2 aromatic rings. The summed E-state index contributed by atoms with van der Waals surface area (Å²) in [5, 5.41) is 31.5. The molecule has 16 nitrogen and oxygen atoms in total. The number of nitro groups is 2. The van der Waals surface area contributed by atoms with Gasteiger partial charge >= 0.3 is 17.3 Å². The average Bonchev–Trinajstić information content (AvgIpc) is 3.17. The Labute approximate surface area is 143 Å². The van der Waals surface area contributed by atoms with Crippen molar-refractivity contribution in [2.45, 2.75) is 6.92 Å². The summed E-state index contributed by atoms with van der Waals surface area (Å²) in [6, 6.07) is 0. The fraction of sp³-hybridized carbons (Fsp3) is 0.200. The molecule has 0 aliphatic rings. The third kappa shape index (κ3) is 5.94. The predicted octanol–water partition coefficient (Wildman–Crippen LogP) is -0.751. The molecule has 2 rings (SSSR count). The minimum absolute atomic E-state index is 0. The molecule has 0 saturated carbocycles. The van der Waals surface area contributed by atoms with E-state index in [1.54, 1.807) is 6.92 Å². The van der Waals surface area contributed by atoms with Crippen LogP contribution in [0.4, 0.5) is 11.4 Å². The summed E-state index contributed by atoms with van der Waals surface area (Å²) in [5.74, 6) is -1.67. The molecule has 1 amide bonds. The predicted molar refractivity (Wildman–Crippen MR) is 83.6 cm³/mol. The number of esters is 1. The van der Waals surface area contributed by atoms with E-state index in [4.69, 9.17) is 5.73 Å². The van der Waals surface area contributed by atoms with Crippen molar-refractivity contribution in [3.63, 3.8) is 0 Å². The Morgan fingerprint density at radius 1 is 1.12 bits per heavy atom. The summed E-state index contributed by atoms with van der Waals surface area (Å²) in [6.45, 7) is 1.77. The molecule has 0 fully saturated rings. The number of H-pyrrole nitrogens is 2. The lowest BCUT2D eigenvalue weighted by molar-refractivity contribution is -0.385. The van der Waals surface area contributed by atoms with Crippen molar-refractivity contribution < 1.29 is 29.6 Å². The fourth-order valence-corrected chi connectivity index (χ4v) is 1.37. The van der Waals surface area contributed by atoms with Gasteiger partial charge in [-0.25, -0.2) is 4.79 Å². The third-order valence-electron chi connectivity index (χ3n) is 2.36. The standard InChI is InChI=1S/C6H7N3O4.C4H4N4O3.H3N.H2O/c1-2-13-6(10)5-4(9(11)12)3-7-8-5;5-4(9)3-2(8(10)11)1-6-7-3;;/h3H,2H2,1H3,(H,7,8);1H,(H2,5,9)(H,6,7);1H3;1H2. The Bertz CT molecular complexity index is 740. The van der Waals surface area contributed by atoms with Crippen LogP contribution in [0.5, 0.6) is 0 Å². The average molecular weight is 376 g/mol. The van der Waals surface area contributed by atoms with Gasteiger partial charge in [0.2, 0.25) is 11.4 Å². The van der Waals surface area contributed by atoms with Crippen molar-refractivity contribution in [1.82, 2.24) is 26.5 Å². The van der Waals surface area contributed by atoms with Gasteiger partial charge in [0.1, 0.15) is 12.4 Å². The second-order valence-electron chi connectivity index (χ2n) is 3.86. The topological polar surface area (TPSA) is 280 Å². The van der Waals surface area contributed by atoms with E-state index in [-0.39, 0.29) is 35.3 Å². The van der Waals surface area contributed by atoms with E-state index >= 15 is 0 Å². The summed E-state index contributed by atoms with van der Waals surface area (Å²) in [6.07, 6.45) is 1.90. The molecule has 2 aromatic heterocycles. The molecule has 0 saturated heterocycles. The molecular weight excluding hydrogens is 360 g/mol. The lowest BCUT2D eigenvalue weighted by Gasteiger charge is -1.96. The van der Waals surface area contributed by atoms with Gasteiger partial charge < -0.3 is 22.1 Å². The number of hydrogen-bond acceptors (Lipinski definition) is 10. The first-order chi connectivity index (χ1) is 11.3. The van der Waals surface area contributed by atoms with Crippen LogP contribution in [-0.2, 0) is 4.74 Å². The largest absolute Gasteiger partial charge is 0.461 e. The van der Waals surface area contributed by atoms with Crippen LogP contribution in [0.3, 0.4) is 0 Å². The van der Waals surface area contributed by atoms with E-state index in [1.165, 1.54) is 0 Å². The Morgan fingerprint density at radius 2 is 1.54 bits per heavy atom. The number of nitrogens with two attached hydrogens (primary N) is 1. The van der Waals surface area contributed by atoms with E-state index in [9.17, 15) is 29.8 Å². The number of amides is 1. The van der Waals surface area contributed by atoms with Crippen molar-refractivity contribution in [3.8, 4) is 0 Å². The molecule has 16 heteroatoms. The minimum atomic E-state index is -0.894. The number of primary amides is 1. The molecule has 0 bridgehead atoms. The van der Waals surface area contributed by atoms with Gasteiger partial charge in [-0.05, 0) is 6.92 Å². The second-order valence-corrected chi connectivity index (χ2v) is 3.86. The Morgan fingerprint density at radius 3 is 1.88 bits per heavy atom. The summed E-state index contributed by atoms with van der Waals surface area (Å²) in [4.78, 5) is 40.5. The van der Waals surface area contributed by atoms with E-state index in [0.717, 1.165) is 12.4 Å². The van der Waals surface area contributed by atoms with Crippen LogP contribution >= 0.6 is 0 Å². The molecular formula is C10H16N8O8. The summed E-state index contributed by atoms with van der Waals surface area (Å²) < 4.78 is 4.56. The fourth-order valence-electron chi connectivity index (χ4n) is 1.37. The van der Waals surface area contributed by atoms with Gasteiger partial charge in [-0.2, -0.15) is 10.2 Å². The van der Waals surface area contributed by atoms with Crippen LogP contribution in [0.15, 0.2) is 12.4 Å². The molecule has 0 aliphatic heterocycles. The molecule has 144 valence electrons. The molecule has 0 aromatic carbocycles. The highest BCUT2D eigenvalue weighted by Crippen LogP contribution is 2.15. The van der Waals surface area contributed by atoms with E-state index < -0.39 is 27.4 Å². The monoisotopic (exact) mass is 376 g/mol. The number of nitrogens with zero attached hydrogens (tertiary/aromatic N) is 4. The van der Waals surface area contributed by atoms with E-state index in [1.807, 2.05) is 0 Å². The van der Waals surface area contributed by atoms with Gasteiger partial charge in [0.15, 0.2) is 0 Å². The maximum absolute atomic E-state index is 11.0. The highest BCUT2D eigenvalue weighted by Gasteiger charge is 2.23. The maximum Gasteiger partial charge on any atom is 0.363 e. The SMILES string of the molecule is CCOC(=O)c1[nH]ncc1[N+](=O)[O-].N.NC(=O)c1[nH]ncc1[N+](=O)[O-].O. The van der Waals surface area contributed by atoms with E-state index in [0.29, 0.717) is 0 Å². The van der Waals surface area contributed by atoms with Crippen molar-refractivity contribution in [2.75, 3.05) is 6.61 Å². The van der Waals surface area contributed by atoms with Crippen LogP contribution in [0.1, 0.15) is 27.9 Å². The number of ether oxygens (including phenoxy) is 1. The van der Waals surface area contributed by atoms with Gasteiger partial charge in [-0.15, -0.1) is 0 Å². The van der Waals surface area contributed by atoms with Crippen LogP contribution < -0.4 is 11.9 Å². The molecule has 0 radical (unpaired) electrons. The molecule has 0 spiro atoms. The number of hydrogen-bond donors (Lipinski definition) is 4. The summed E-state index contributed by atoms with van der Waals surface area (Å²) in [7, 11) is 0. The number of aromatic amines is 2. The van der Waals surface area contributed by atoms with Crippen molar-refractivity contribution in [1.29, 1.82) is 0 Å². The first-order valence-electron chi connectivity index (χ1n) is 6.12. The zero-order valence-electron chi connectivity index (χ0n) is 13.3. The Balaban J connectivity index is 0. The normalized spacial score (nSPS) is 8.81. The molecule has 9 N–H and O–H groups in total. The minimum Gasteiger partial charge on any atom is -0.461 e. The second kappa shape index (κ2) is 10.8. The smallest absolute Gasteiger partial charge is 0.363 e. The zero-order chi connectivity index (χ0) is 18.3. The zero-order valence-corrected chi connectivity index (χ0v) is 13.3. The van der Waals surface area contributed by atoms with Crippen LogP contribution in [-0.4, -0.2) is 54.2 Å². The van der Waals surface area contributed by atoms with Gasteiger partial charge in [-0.1, -0.05) is 0 Å². The first kappa shape index (κ1) is 24.3. The van der Waals surface area contributed by atoms with Gasteiger partial charge in [-0.3, -0.25) is 35.2 Å². The maximum atomic E-state index is 11.0. The third-order valence-corrected chi connectivity index (χ3v) is 2.36. The van der Waals surface area contributed by atoms with Crippen LogP contribution in [0, 0.1) is 20.2 Å². The molecule has 0 atom stereocenters. The van der Waals surface area contributed by atoms with E-state index in [2.05, 4.69) is 25.1 Å². The first-order valence-corrected chi connectivity index (χ1v) is 6.12. The van der Waals surface area contributed by atoms with Crippen LogP contribution in [0.2, 0.25) is 0 Å². The number of aromatic nitrogens is 4. The van der Waals surface area contributed by atoms with Crippen molar-refractivity contribution >= 4 is 23.3 Å². The summed E-state index contributed by atoms with van der Waals surface area (Å²) in [5.41, 5.74) is 3.49. The molecule has 2 heterocycles.